The second-order valence-corrected chi connectivity index (χ2v) is 6.99. The standard InChI is InChI=1S/C16H32N2O/c1-14(2)11-18-8-9-19-16(13-18)10-15(3)12-17-6-4-5-7-17/h14-16H,4-13H2,1-3H3. The molecule has 0 aromatic carbocycles. The fourth-order valence-corrected chi connectivity index (χ4v) is 3.53. The van der Waals surface area contributed by atoms with Gasteiger partial charge in [0.15, 0.2) is 0 Å². The van der Waals surface area contributed by atoms with Crippen LogP contribution in [0, 0.1) is 11.8 Å². The molecule has 0 saturated carbocycles. The molecule has 112 valence electrons. The van der Waals surface area contributed by atoms with Crippen LogP contribution in [0.1, 0.15) is 40.0 Å². The Balaban J connectivity index is 1.68. The molecule has 2 atom stereocenters. The van der Waals surface area contributed by atoms with Crippen molar-refractivity contribution < 1.29 is 4.74 Å². The molecule has 2 aliphatic rings. The van der Waals surface area contributed by atoms with Crippen LogP contribution >= 0.6 is 0 Å². The Hall–Kier alpha value is -0.120. The lowest BCUT2D eigenvalue weighted by molar-refractivity contribution is -0.0424. The van der Waals surface area contributed by atoms with E-state index >= 15 is 0 Å². The zero-order valence-electron chi connectivity index (χ0n) is 13.1. The molecule has 2 saturated heterocycles. The maximum atomic E-state index is 5.96. The number of likely N-dealkylation sites (tertiary alicyclic amines) is 1. The quantitative estimate of drug-likeness (QED) is 0.736. The normalized spacial score (nSPS) is 28.1. The lowest BCUT2D eigenvalue weighted by Gasteiger charge is -2.35. The van der Waals surface area contributed by atoms with Gasteiger partial charge in [0, 0.05) is 26.2 Å². The first-order chi connectivity index (χ1) is 9.13. The predicted molar refractivity (Wildman–Crippen MR) is 80.5 cm³/mol. The minimum absolute atomic E-state index is 0.463. The van der Waals surface area contributed by atoms with Crippen molar-refractivity contribution in [1.29, 1.82) is 0 Å². The highest BCUT2D eigenvalue weighted by Gasteiger charge is 2.24. The van der Waals surface area contributed by atoms with E-state index in [4.69, 9.17) is 4.74 Å². The van der Waals surface area contributed by atoms with Crippen LogP contribution in [0.25, 0.3) is 0 Å². The van der Waals surface area contributed by atoms with Gasteiger partial charge in [-0.05, 0) is 44.2 Å². The summed E-state index contributed by atoms with van der Waals surface area (Å²) in [4.78, 5) is 5.21. The van der Waals surface area contributed by atoms with Crippen LogP contribution in [0.3, 0.4) is 0 Å². The van der Waals surface area contributed by atoms with Crippen LogP contribution in [0.5, 0.6) is 0 Å². The Morgan fingerprint density at radius 2 is 1.74 bits per heavy atom. The van der Waals surface area contributed by atoms with Gasteiger partial charge in [0.2, 0.25) is 0 Å². The van der Waals surface area contributed by atoms with Crippen LogP contribution in [-0.4, -0.2) is 61.8 Å². The molecule has 2 aliphatic heterocycles. The highest BCUT2D eigenvalue weighted by molar-refractivity contribution is 4.76. The highest BCUT2D eigenvalue weighted by Crippen LogP contribution is 2.18. The fraction of sp³-hybridized carbons (Fsp3) is 1.00. The van der Waals surface area contributed by atoms with Crippen LogP contribution in [-0.2, 0) is 4.74 Å². The summed E-state index contributed by atoms with van der Waals surface area (Å²) in [6.07, 6.45) is 4.49. The molecular weight excluding hydrogens is 236 g/mol. The molecule has 2 rings (SSSR count). The van der Waals surface area contributed by atoms with E-state index in [1.807, 2.05) is 0 Å². The number of hydrogen-bond donors (Lipinski definition) is 0. The average Bonchev–Trinajstić information content (AvgIpc) is 2.81. The van der Waals surface area contributed by atoms with Crippen LogP contribution < -0.4 is 0 Å². The summed E-state index contributed by atoms with van der Waals surface area (Å²) in [5, 5.41) is 0. The molecule has 0 bridgehead atoms. The predicted octanol–water partition coefficient (Wildman–Crippen LogP) is 2.47. The Kier molecular flexibility index (Phi) is 6.11. The Morgan fingerprint density at radius 3 is 2.42 bits per heavy atom. The largest absolute Gasteiger partial charge is 0.376 e. The summed E-state index contributed by atoms with van der Waals surface area (Å²) in [6, 6.07) is 0. The summed E-state index contributed by atoms with van der Waals surface area (Å²) >= 11 is 0. The molecular formula is C16H32N2O. The number of rotatable bonds is 6. The van der Waals surface area contributed by atoms with Crippen molar-refractivity contribution in [2.45, 2.75) is 46.1 Å². The molecule has 0 aromatic rings. The van der Waals surface area contributed by atoms with Gasteiger partial charge in [-0.15, -0.1) is 0 Å². The van der Waals surface area contributed by atoms with Gasteiger partial charge in [0.25, 0.3) is 0 Å². The second kappa shape index (κ2) is 7.61. The zero-order chi connectivity index (χ0) is 13.7. The first kappa shape index (κ1) is 15.3. The summed E-state index contributed by atoms with van der Waals surface area (Å²) < 4.78 is 5.96. The fourth-order valence-electron chi connectivity index (χ4n) is 3.53. The van der Waals surface area contributed by atoms with Crippen LogP contribution in [0.4, 0.5) is 0 Å². The molecule has 0 amide bonds. The maximum Gasteiger partial charge on any atom is 0.0705 e. The van der Waals surface area contributed by atoms with Crippen molar-refractivity contribution >= 4 is 0 Å². The van der Waals surface area contributed by atoms with E-state index in [9.17, 15) is 0 Å². The van der Waals surface area contributed by atoms with Crippen molar-refractivity contribution in [3.63, 3.8) is 0 Å². The maximum absolute atomic E-state index is 5.96. The smallest absolute Gasteiger partial charge is 0.0705 e. The van der Waals surface area contributed by atoms with Gasteiger partial charge >= 0.3 is 0 Å². The number of morpholine rings is 1. The molecule has 3 nitrogen and oxygen atoms in total. The van der Waals surface area contributed by atoms with Crippen molar-refractivity contribution in [3.8, 4) is 0 Å². The summed E-state index contributed by atoms with van der Waals surface area (Å²) in [7, 11) is 0. The lowest BCUT2D eigenvalue weighted by atomic mass is 10.0. The second-order valence-electron chi connectivity index (χ2n) is 6.99. The van der Waals surface area contributed by atoms with Gasteiger partial charge < -0.3 is 9.64 Å². The van der Waals surface area contributed by atoms with Gasteiger partial charge in [-0.2, -0.15) is 0 Å². The highest BCUT2D eigenvalue weighted by atomic mass is 16.5. The van der Waals surface area contributed by atoms with Gasteiger partial charge in [-0.1, -0.05) is 20.8 Å². The Bertz CT molecular complexity index is 251. The van der Waals surface area contributed by atoms with E-state index < -0.39 is 0 Å². The first-order valence-electron chi connectivity index (χ1n) is 8.20. The average molecular weight is 268 g/mol. The van der Waals surface area contributed by atoms with E-state index in [-0.39, 0.29) is 0 Å². The third kappa shape index (κ3) is 5.41. The van der Waals surface area contributed by atoms with Crippen molar-refractivity contribution in [1.82, 2.24) is 9.80 Å². The number of hydrogen-bond acceptors (Lipinski definition) is 3. The van der Waals surface area contributed by atoms with E-state index in [1.165, 1.54) is 45.4 Å². The number of ether oxygens (including phenoxy) is 1. The zero-order valence-corrected chi connectivity index (χ0v) is 13.1. The number of nitrogens with zero attached hydrogens (tertiary/aromatic N) is 2. The lowest BCUT2D eigenvalue weighted by Crippen LogP contribution is -2.45. The van der Waals surface area contributed by atoms with Crippen molar-refractivity contribution in [3.05, 3.63) is 0 Å². The van der Waals surface area contributed by atoms with Crippen LogP contribution in [0.15, 0.2) is 0 Å². The Labute approximate surface area is 119 Å². The van der Waals surface area contributed by atoms with E-state index in [0.29, 0.717) is 6.10 Å². The Morgan fingerprint density at radius 1 is 1.00 bits per heavy atom. The van der Waals surface area contributed by atoms with Crippen molar-refractivity contribution in [2.75, 3.05) is 45.9 Å². The van der Waals surface area contributed by atoms with Gasteiger partial charge in [-0.25, -0.2) is 0 Å². The molecule has 2 fully saturated rings. The van der Waals surface area contributed by atoms with Crippen LogP contribution in [0.2, 0.25) is 0 Å². The van der Waals surface area contributed by atoms with E-state index in [1.54, 1.807) is 0 Å². The topological polar surface area (TPSA) is 15.7 Å². The molecule has 3 heteroatoms. The third-order valence-corrected chi connectivity index (χ3v) is 4.28. The molecule has 19 heavy (non-hydrogen) atoms. The SMILES string of the molecule is CC(C)CN1CCOC(CC(C)CN2CCCC2)C1. The molecule has 2 heterocycles. The van der Waals surface area contributed by atoms with E-state index in [0.717, 1.165) is 31.5 Å². The molecule has 0 N–H and O–H groups in total. The monoisotopic (exact) mass is 268 g/mol. The molecule has 0 aromatic heterocycles. The summed E-state index contributed by atoms with van der Waals surface area (Å²) in [5.74, 6) is 1.53. The van der Waals surface area contributed by atoms with Gasteiger partial charge in [-0.3, -0.25) is 4.90 Å². The molecule has 0 aliphatic carbocycles. The first-order valence-corrected chi connectivity index (χ1v) is 8.20. The minimum Gasteiger partial charge on any atom is -0.376 e. The minimum atomic E-state index is 0.463. The molecule has 2 unspecified atom stereocenters. The third-order valence-electron chi connectivity index (χ3n) is 4.28. The van der Waals surface area contributed by atoms with Gasteiger partial charge in [0.1, 0.15) is 0 Å². The van der Waals surface area contributed by atoms with E-state index in [2.05, 4.69) is 30.6 Å². The molecule has 0 spiro atoms. The summed E-state index contributed by atoms with van der Waals surface area (Å²) in [5.41, 5.74) is 0. The summed E-state index contributed by atoms with van der Waals surface area (Å²) in [6.45, 7) is 15.3. The van der Waals surface area contributed by atoms with Gasteiger partial charge in [0.05, 0.1) is 12.7 Å². The molecule has 0 radical (unpaired) electrons. The van der Waals surface area contributed by atoms with Crippen molar-refractivity contribution in [2.24, 2.45) is 11.8 Å².